The summed E-state index contributed by atoms with van der Waals surface area (Å²) in [5, 5.41) is 0.869. The van der Waals surface area contributed by atoms with Gasteiger partial charge in [0.25, 0.3) is 0 Å². The first-order valence-electron chi connectivity index (χ1n) is 4.33. The molecule has 4 N–H and O–H groups in total. The van der Waals surface area contributed by atoms with Crippen molar-refractivity contribution in [1.82, 2.24) is 0 Å². The second-order valence-electron chi connectivity index (χ2n) is 2.85. The number of nitrogens with zero attached hydrogens (tertiary/aromatic N) is 1. The molecule has 0 bridgehead atoms. The summed E-state index contributed by atoms with van der Waals surface area (Å²) in [6.07, 6.45) is 0. The van der Waals surface area contributed by atoms with E-state index in [9.17, 15) is 0 Å². The Hall–Kier alpha value is -0.650. The summed E-state index contributed by atoms with van der Waals surface area (Å²) in [5.41, 5.74) is 10.3. The van der Waals surface area contributed by atoms with Crippen molar-refractivity contribution in [2.75, 3.05) is 13.2 Å². The molecular formula is C9H10BrCl2N3O. The Morgan fingerprint density at radius 2 is 1.88 bits per heavy atom. The van der Waals surface area contributed by atoms with Gasteiger partial charge in [-0.3, -0.25) is 4.99 Å². The number of hydrogen-bond acceptors (Lipinski definition) is 2. The lowest BCUT2D eigenvalue weighted by molar-refractivity contribution is 0.329. The van der Waals surface area contributed by atoms with Gasteiger partial charge >= 0.3 is 0 Å². The molecule has 0 aromatic heterocycles. The number of halogens is 3. The van der Waals surface area contributed by atoms with Crippen molar-refractivity contribution < 1.29 is 4.74 Å². The largest absolute Gasteiger partial charge is 0.489 e. The summed E-state index contributed by atoms with van der Waals surface area (Å²) >= 11 is 15.2. The minimum Gasteiger partial charge on any atom is -0.489 e. The number of aliphatic imine (C=N–C) groups is 1. The topological polar surface area (TPSA) is 73.6 Å². The normalized spacial score (nSPS) is 9.94. The van der Waals surface area contributed by atoms with E-state index in [4.69, 9.17) is 39.4 Å². The molecular weight excluding hydrogens is 317 g/mol. The predicted molar refractivity (Wildman–Crippen MR) is 70.3 cm³/mol. The summed E-state index contributed by atoms with van der Waals surface area (Å²) in [5.74, 6) is 0.453. The van der Waals surface area contributed by atoms with Crippen LogP contribution in [-0.4, -0.2) is 19.1 Å². The van der Waals surface area contributed by atoms with Crippen LogP contribution in [0.3, 0.4) is 0 Å². The van der Waals surface area contributed by atoms with E-state index in [0.717, 1.165) is 4.47 Å². The van der Waals surface area contributed by atoms with E-state index >= 15 is 0 Å². The Labute approximate surface area is 112 Å². The first-order chi connectivity index (χ1) is 7.50. The van der Waals surface area contributed by atoms with Gasteiger partial charge in [-0.25, -0.2) is 0 Å². The van der Waals surface area contributed by atoms with Gasteiger partial charge in [0.1, 0.15) is 6.61 Å². The van der Waals surface area contributed by atoms with E-state index in [2.05, 4.69) is 20.9 Å². The monoisotopic (exact) mass is 325 g/mol. The molecule has 0 heterocycles. The summed E-state index contributed by atoms with van der Waals surface area (Å²) in [6.45, 7) is 0.657. The number of rotatable bonds is 4. The fraction of sp³-hybridized carbons (Fsp3) is 0.222. The van der Waals surface area contributed by atoms with Gasteiger partial charge in [-0.15, -0.1) is 0 Å². The molecule has 1 aromatic carbocycles. The fourth-order valence-electron chi connectivity index (χ4n) is 0.989. The van der Waals surface area contributed by atoms with E-state index in [1.807, 2.05) is 0 Å². The highest BCUT2D eigenvalue weighted by atomic mass is 79.9. The van der Waals surface area contributed by atoms with Gasteiger partial charge in [-0.2, -0.15) is 0 Å². The smallest absolute Gasteiger partial charge is 0.186 e. The molecule has 0 saturated carbocycles. The van der Waals surface area contributed by atoms with Crippen LogP contribution >= 0.6 is 39.1 Å². The van der Waals surface area contributed by atoms with Gasteiger partial charge in [0, 0.05) is 4.47 Å². The number of benzene rings is 1. The lowest BCUT2D eigenvalue weighted by Gasteiger charge is -2.09. The number of ether oxygens (including phenoxy) is 1. The highest BCUT2D eigenvalue weighted by Gasteiger charge is 2.08. The molecule has 0 saturated heterocycles. The van der Waals surface area contributed by atoms with Gasteiger partial charge in [0.15, 0.2) is 11.7 Å². The van der Waals surface area contributed by atoms with Crippen LogP contribution in [-0.2, 0) is 0 Å². The molecule has 0 aliphatic heterocycles. The van der Waals surface area contributed by atoms with Crippen LogP contribution in [0.5, 0.6) is 5.75 Å². The molecule has 4 nitrogen and oxygen atoms in total. The molecule has 0 atom stereocenters. The van der Waals surface area contributed by atoms with Crippen molar-refractivity contribution in [2.45, 2.75) is 0 Å². The van der Waals surface area contributed by atoms with Crippen molar-refractivity contribution in [1.29, 1.82) is 0 Å². The predicted octanol–water partition coefficient (Wildman–Crippen LogP) is 2.41. The molecule has 16 heavy (non-hydrogen) atoms. The van der Waals surface area contributed by atoms with E-state index in [0.29, 0.717) is 28.9 Å². The molecule has 0 radical (unpaired) electrons. The molecule has 0 fully saturated rings. The first-order valence-corrected chi connectivity index (χ1v) is 5.88. The second kappa shape index (κ2) is 6.18. The van der Waals surface area contributed by atoms with Crippen molar-refractivity contribution in [2.24, 2.45) is 16.5 Å². The van der Waals surface area contributed by atoms with Crippen molar-refractivity contribution in [3.8, 4) is 5.75 Å². The zero-order valence-corrected chi connectivity index (χ0v) is 11.3. The summed E-state index contributed by atoms with van der Waals surface area (Å²) in [7, 11) is 0. The van der Waals surface area contributed by atoms with Gasteiger partial charge in [0.2, 0.25) is 0 Å². The molecule has 1 rings (SSSR count). The third-order valence-corrected chi connectivity index (χ3v) is 2.61. The highest BCUT2D eigenvalue weighted by Crippen LogP contribution is 2.35. The van der Waals surface area contributed by atoms with Gasteiger partial charge in [-0.05, 0) is 12.1 Å². The maximum absolute atomic E-state index is 5.95. The van der Waals surface area contributed by atoms with Gasteiger partial charge in [-0.1, -0.05) is 39.1 Å². The van der Waals surface area contributed by atoms with Crippen LogP contribution in [0, 0.1) is 0 Å². The number of nitrogens with two attached hydrogens (primary N) is 2. The lowest BCUT2D eigenvalue weighted by atomic mass is 10.3. The Kier molecular flexibility index (Phi) is 5.18. The van der Waals surface area contributed by atoms with Crippen molar-refractivity contribution >= 4 is 45.1 Å². The van der Waals surface area contributed by atoms with Crippen LogP contribution in [0.2, 0.25) is 10.0 Å². The van der Waals surface area contributed by atoms with E-state index in [1.165, 1.54) is 0 Å². The molecule has 0 unspecified atom stereocenters. The molecule has 0 aliphatic rings. The molecule has 0 aliphatic carbocycles. The van der Waals surface area contributed by atoms with Gasteiger partial charge < -0.3 is 16.2 Å². The summed E-state index contributed by atoms with van der Waals surface area (Å²) < 4.78 is 6.16. The fourth-order valence-corrected chi connectivity index (χ4v) is 2.31. The Balaban J connectivity index is 2.64. The Morgan fingerprint density at radius 3 is 2.38 bits per heavy atom. The summed E-state index contributed by atoms with van der Waals surface area (Å²) in [6, 6.07) is 3.40. The van der Waals surface area contributed by atoms with Crippen molar-refractivity contribution in [3.05, 3.63) is 26.7 Å². The standard InChI is InChI=1S/C9H10BrCl2N3O/c10-5-3-6(11)8(7(12)4-5)16-2-1-15-9(13)14/h3-4H,1-2H2,(H4,13,14,15). The minimum atomic E-state index is 0.0246. The SMILES string of the molecule is NC(N)=NCCOc1c(Cl)cc(Br)cc1Cl. The zero-order chi connectivity index (χ0) is 12.1. The zero-order valence-electron chi connectivity index (χ0n) is 8.21. The quantitative estimate of drug-likeness (QED) is 0.507. The molecule has 0 spiro atoms. The average molecular weight is 327 g/mol. The van der Waals surface area contributed by atoms with E-state index < -0.39 is 0 Å². The van der Waals surface area contributed by atoms with Crippen molar-refractivity contribution in [3.63, 3.8) is 0 Å². The third-order valence-electron chi connectivity index (χ3n) is 1.60. The molecule has 88 valence electrons. The highest BCUT2D eigenvalue weighted by molar-refractivity contribution is 9.10. The number of guanidine groups is 1. The van der Waals surface area contributed by atoms with E-state index in [-0.39, 0.29) is 5.96 Å². The first kappa shape index (κ1) is 13.4. The van der Waals surface area contributed by atoms with Crippen LogP contribution in [0.4, 0.5) is 0 Å². The average Bonchev–Trinajstić information content (AvgIpc) is 2.14. The van der Waals surface area contributed by atoms with Gasteiger partial charge in [0.05, 0.1) is 16.6 Å². The number of hydrogen-bond donors (Lipinski definition) is 2. The van der Waals surface area contributed by atoms with Crippen LogP contribution in [0.25, 0.3) is 0 Å². The van der Waals surface area contributed by atoms with Crippen LogP contribution in [0.15, 0.2) is 21.6 Å². The molecule has 1 aromatic rings. The maximum atomic E-state index is 5.95. The van der Waals surface area contributed by atoms with Crippen LogP contribution in [0.1, 0.15) is 0 Å². The lowest BCUT2D eigenvalue weighted by Crippen LogP contribution is -2.23. The Morgan fingerprint density at radius 1 is 1.31 bits per heavy atom. The second-order valence-corrected chi connectivity index (χ2v) is 4.58. The summed E-state index contributed by atoms with van der Waals surface area (Å²) in [4.78, 5) is 3.77. The maximum Gasteiger partial charge on any atom is 0.186 e. The third kappa shape index (κ3) is 4.08. The molecule has 7 heteroatoms. The molecule has 0 amide bonds. The minimum absolute atomic E-state index is 0.0246. The van der Waals surface area contributed by atoms with E-state index in [1.54, 1.807) is 12.1 Å². The Bertz CT molecular complexity index is 385. The van der Waals surface area contributed by atoms with Crippen LogP contribution < -0.4 is 16.2 Å².